The number of esters is 1. The molecule has 0 saturated heterocycles. The van der Waals surface area contributed by atoms with Crippen molar-refractivity contribution in [1.29, 1.82) is 0 Å². The van der Waals surface area contributed by atoms with E-state index < -0.39 is 31.1 Å². The van der Waals surface area contributed by atoms with Crippen molar-refractivity contribution in [3.8, 4) is 0 Å². The maximum absolute atomic E-state index is 12.6. The van der Waals surface area contributed by atoms with Crippen LogP contribution in [0.25, 0.3) is 0 Å². The SMILES string of the molecule is COC(=O)CCN(CC(F)(F)F)C(=O)c1cc(N)cn1C. The average Bonchev–Trinajstić information content (AvgIpc) is 2.70. The number of nitrogens with zero attached hydrogens (tertiary/aromatic N) is 2. The van der Waals surface area contributed by atoms with Gasteiger partial charge in [0.05, 0.1) is 19.2 Å². The number of amides is 1. The lowest BCUT2D eigenvalue weighted by Crippen LogP contribution is -2.41. The maximum atomic E-state index is 12.6. The summed E-state index contributed by atoms with van der Waals surface area (Å²) >= 11 is 0. The quantitative estimate of drug-likeness (QED) is 0.829. The van der Waals surface area contributed by atoms with Gasteiger partial charge in [0, 0.05) is 19.8 Å². The van der Waals surface area contributed by atoms with Crippen molar-refractivity contribution in [2.45, 2.75) is 12.6 Å². The van der Waals surface area contributed by atoms with Gasteiger partial charge in [-0.25, -0.2) is 0 Å². The highest BCUT2D eigenvalue weighted by Crippen LogP contribution is 2.19. The third kappa shape index (κ3) is 5.01. The first kappa shape index (κ1) is 16.9. The predicted molar refractivity (Wildman–Crippen MR) is 68.4 cm³/mol. The minimum Gasteiger partial charge on any atom is -0.469 e. The summed E-state index contributed by atoms with van der Waals surface area (Å²) in [6, 6.07) is 1.28. The van der Waals surface area contributed by atoms with Crippen LogP contribution in [0.3, 0.4) is 0 Å². The van der Waals surface area contributed by atoms with E-state index in [0.717, 1.165) is 7.11 Å². The molecule has 0 aliphatic heterocycles. The standard InChI is InChI=1S/C12H16F3N3O3/c1-17-6-8(16)5-9(17)11(20)18(7-12(13,14)15)4-3-10(19)21-2/h5-6H,3-4,7,16H2,1-2H3. The monoisotopic (exact) mass is 307 g/mol. The number of carbonyl (C=O) groups is 2. The summed E-state index contributed by atoms with van der Waals surface area (Å²) in [6.45, 7) is -1.84. The molecule has 1 heterocycles. The minimum atomic E-state index is -4.57. The lowest BCUT2D eigenvalue weighted by atomic mass is 10.3. The fraction of sp³-hybridized carbons (Fsp3) is 0.500. The highest BCUT2D eigenvalue weighted by atomic mass is 19.4. The third-order valence-electron chi connectivity index (χ3n) is 2.72. The molecule has 0 aromatic carbocycles. The summed E-state index contributed by atoms with van der Waals surface area (Å²) < 4.78 is 43.4. The Labute approximate surface area is 119 Å². The lowest BCUT2D eigenvalue weighted by molar-refractivity contribution is -0.147. The number of nitrogens with two attached hydrogens (primary N) is 1. The first-order chi connectivity index (χ1) is 9.64. The van der Waals surface area contributed by atoms with E-state index in [1.165, 1.54) is 23.9 Å². The van der Waals surface area contributed by atoms with Gasteiger partial charge in [-0.3, -0.25) is 9.59 Å². The van der Waals surface area contributed by atoms with Crippen molar-refractivity contribution in [3.63, 3.8) is 0 Å². The van der Waals surface area contributed by atoms with Gasteiger partial charge >= 0.3 is 12.1 Å². The van der Waals surface area contributed by atoms with E-state index in [9.17, 15) is 22.8 Å². The highest BCUT2D eigenvalue weighted by Gasteiger charge is 2.34. The second kappa shape index (κ2) is 6.51. The first-order valence-electron chi connectivity index (χ1n) is 5.98. The van der Waals surface area contributed by atoms with E-state index >= 15 is 0 Å². The molecule has 0 atom stereocenters. The fourth-order valence-electron chi connectivity index (χ4n) is 1.76. The minimum absolute atomic E-state index is 0.0154. The molecule has 2 N–H and O–H groups in total. The van der Waals surface area contributed by atoms with Crippen LogP contribution in [0.2, 0.25) is 0 Å². The Hall–Kier alpha value is -2.19. The molecule has 0 bridgehead atoms. The van der Waals surface area contributed by atoms with Crippen LogP contribution in [-0.4, -0.2) is 47.7 Å². The number of hydrogen-bond donors (Lipinski definition) is 1. The molecular weight excluding hydrogens is 291 g/mol. The van der Waals surface area contributed by atoms with Crippen molar-refractivity contribution in [2.24, 2.45) is 7.05 Å². The van der Waals surface area contributed by atoms with Gasteiger partial charge in [0.25, 0.3) is 5.91 Å². The van der Waals surface area contributed by atoms with Gasteiger partial charge in [-0.15, -0.1) is 0 Å². The van der Waals surface area contributed by atoms with Gasteiger partial charge < -0.3 is 19.9 Å². The van der Waals surface area contributed by atoms with Gasteiger partial charge in [-0.2, -0.15) is 13.2 Å². The summed E-state index contributed by atoms with van der Waals surface area (Å²) in [7, 11) is 2.62. The lowest BCUT2D eigenvalue weighted by Gasteiger charge is -2.23. The van der Waals surface area contributed by atoms with Crippen molar-refractivity contribution >= 4 is 17.6 Å². The maximum Gasteiger partial charge on any atom is 0.406 e. The van der Waals surface area contributed by atoms with E-state index in [-0.39, 0.29) is 17.8 Å². The number of anilines is 1. The second-order valence-electron chi connectivity index (χ2n) is 4.44. The largest absolute Gasteiger partial charge is 0.469 e. The van der Waals surface area contributed by atoms with Crippen LogP contribution in [-0.2, 0) is 16.6 Å². The van der Waals surface area contributed by atoms with Crippen molar-refractivity contribution in [3.05, 3.63) is 18.0 Å². The first-order valence-corrected chi connectivity index (χ1v) is 5.98. The number of ether oxygens (including phenoxy) is 1. The number of rotatable bonds is 5. The zero-order valence-corrected chi connectivity index (χ0v) is 11.6. The molecule has 0 radical (unpaired) electrons. The molecule has 6 nitrogen and oxygen atoms in total. The average molecular weight is 307 g/mol. The van der Waals surface area contributed by atoms with Crippen LogP contribution in [0.1, 0.15) is 16.9 Å². The molecular formula is C12H16F3N3O3. The Morgan fingerprint density at radius 3 is 2.48 bits per heavy atom. The van der Waals surface area contributed by atoms with Gasteiger partial charge in [0.15, 0.2) is 0 Å². The van der Waals surface area contributed by atoms with Crippen molar-refractivity contribution < 1.29 is 27.5 Å². The number of halogens is 3. The second-order valence-corrected chi connectivity index (χ2v) is 4.44. The molecule has 0 unspecified atom stereocenters. The molecule has 118 valence electrons. The Morgan fingerprint density at radius 2 is 2.05 bits per heavy atom. The Kier molecular flexibility index (Phi) is 5.23. The third-order valence-corrected chi connectivity index (χ3v) is 2.72. The molecule has 0 aliphatic rings. The van der Waals surface area contributed by atoms with Crippen LogP contribution >= 0.6 is 0 Å². The predicted octanol–water partition coefficient (Wildman–Crippen LogP) is 1.17. The van der Waals surface area contributed by atoms with Crippen LogP contribution in [0.5, 0.6) is 0 Å². The Morgan fingerprint density at radius 1 is 1.43 bits per heavy atom. The molecule has 9 heteroatoms. The van der Waals surface area contributed by atoms with Crippen LogP contribution in [0.4, 0.5) is 18.9 Å². The van der Waals surface area contributed by atoms with E-state index in [1.807, 2.05) is 0 Å². The number of hydrogen-bond acceptors (Lipinski definition) is 4. The van der Waals surface area contributed by atoms with Crippen LogP contribution < -0.4 is 5.73 Å². The Balaban J connectivity index is 2.91. The molecule has 0 spiro atoms. The topological polar surface area (TPSA) is 77.6 Å². The molecule has 0 saturated carbocycles. The summed E-state index contributed by atoms with van der Waals surface area (Å²) in [6.07, 6.45) is -3.47. The van der Waals surface area contributed by atoms with E-state index in [1.54, 1.807) is 0 Å². The Bertz CT molecular complexity index is 526. The van der Waals surface area contributed by atoms with Gasteiger partial charge in [-0.05, 0) is 6.07 Å². The molecule has 21 heavy (non-hydrogen) atoms. The summed E-state index contributed by atoms with van der Waals surface area (Å²) in [5.74, 6) is -1.54. The summed E-state index contributed by atoms with van der Waals surface area (Å²) in [5.41, 5.74) is 5.78. The van der Waals surface area contributed by atoms with E-state index in [2.05, 4.69) is 4.74 Å². The molecule has 1 amide bonds. The summed E-state index contributed by atoms with van der Waals surface area (Å²) in [4.78, 5) is 23.7. The number of alkyl halides is 3. The number of carbonyl (C=O) groups excluding carboxylic acids is 2. The van der Waals surface area contributed by atoms with Gasteiger partial charge in [0.2, 0.25) is 0 Å². The van der Waals surface area contributed by atoms with Gasteiger partial charge in [0.1, 0.15) is 12.2 Å². The zero-order valence-electron chi connectivity index (χ0n) is 11.6. The molecule has 1 rings (SSSR count). The van der Waals surface area contributed by atoms with Crippen LogP contribution in [0, 0.1) is 0 Å². The molecule has 0 fully saturated rings. The van der Waals surface area contributed by atoms with E-state index in [0.29, 0.717) is 4.90 Å². The number of aromatic nitrogens is 1. The molecule has 1 aromatic heterocycles. The number of methoxy groups -OCH3 is 1. The fourth-order valence-corrected chi connectivity index (χ4v) is 1.76. The summed E-state index contributed by atoms with van der Waals surface area (Å²) in [5, 5.41) is 0. The highest BCUT2D eigenvalue weighted by molar-refractivity contribution is 5.94. The molecule has 1 aromatic rings. The number of nitrogen functional groups attached to an aromatic ring is 1. The van der Waals surface area contributed by atoms with Crippen molar-refractivity contribution in [1.82, 2.24) is 9.47 Å². The van der Waals surface area contributed by atoms with E-state index in [4.69, 9.17) is 5.73 Å². The number of aryl methyl sites for hydroxylation is 1. The molecule has 0 aliphatic carbocycles. The normalized spacial score (nSPS) is 11.3. The smallest absolute Gasteiger partial charge is 0.406 e. The van der Waals surface area contributed by atoms with Crippen molar-refractivity contribution in [2.75, 3.05) is 25.9 Å². The zero-order chi connectivity index (χ0) is 16.2. The van der Waals surface area contributed by atoms with Crippen LogP contribution in [0.15, 0.2) is 12.3 Å². The van der Waals surface area contributed by atoms with Gasteiger partial charge in [-0.1, -0.05) is 0 Å².